The van der Waals surface area contributed by atoms with E-state index in [0.717, 1.165) is 3.57 Å². The van der Waals surface area contributed by atoms with Gasteiger partial charge in [-0.1, -0.05) is 12.1 Å². The topological polar surface area (TPSA) is 76.4 Å². The number of hydrogen-bond acceptors (Lipinski definition) is 3. The summed E-state index contributed by atoms with van der Waals surface area (Å²) in [6, 6.07) is 0. The average molecular weight is 294 g/mol. The van der Waals surface area contributed by atoms with Crippen LogP contribution < -0.4 is 5.73 Å². The first kappa shape index (κ1) is 10.3. The molecule has 0 saturated carbocycles. The summed E-state index contributed by atoms with van der Waals surface area (Å²) in [6.07, 6.45) is 3.67. The summed E-state index contributed by atoms with van der Waals surface area (Å²) in [4.78, 5) is 0. The number of amidine groups is 1. The van der Waals surface area contributed by atoms with Gasteiger partial charge in [-0.3, -0.25) is 4.68 Å². The van der Waals surface area contributed by atoms with Crippen molar-refractivity contribution < 1.29 is 5.21 Å². The summed E-state index contributed by atoms with van der Waals surface area (Å²) >= 11 is 2.18. The van der Waals surface area contributed by atoms with Gasteiger partial charge in [0.25, 0.3) is 0 Å². The highest BCUT2D eigenvalue weighted by molar-refractivity contribution is 14.1. The summed E-state index contributed by atoms with van der Waals surface area (Å²) < 4.78 is 2.84. The summed E-state index contributed by atoms with van der Waals surface area (Å²) in [5, 5.41) is 15.5. The van der Waals surface area contributed by atoms with Gasteiger partial charge in [0.2, 0.25) is 0 Å². The van der Waals surface area contributed by atoms with Gasteiger partial charge in [0.15, 0.2) is 0 Å². The molecule has 0 aliphatic rings. The van der Waals surface area contributed by atoms with Crippen LogP contribution in [0.2, 0.25) is 0 Å². The minimum Gasteiger partial charge on any atom is -0.409 e. The van der Waals surface area contributed by atoms with Crippen molar-refractivity contribution >= 4 is 28.4 Å². The van der Waals surface area contributed by atoms with Crippen LogP contribution in [0.4, 0.5) is 0 Å². The van der Waals surface area contributed by atoms with Gasteiger partial charge in [-0.05, 0) is 22.6 Å². The molecule has 0 saturated heterocycles. The molecule has 1 atom stereocenters. The molecule has 1 aromatic heterocycles. The van der Waals surface area contributed by atoms with Crippen LogP contribution >= 0.6 is 22.6 Å². The highest BCUT2D eigenvalue weighted by atomic mass is 127. The van der Waals surface area contributed by atoms with E-state index in [1.165, 1.54) is 0 Å². The van der Waals surface area contributed by atoms with Crippen molar-refractivity contribution in [3.05, 3.63) is 16.0 Å². The molecule has 1 unspecified atom stereocenters. The van der Waals surface area contributed by atoms with Gasteiger partial charge in [0.05, 0.1) is 16.3 Å². The number of halogens is 1. The SMILES string of the molecule is CC(Cn1cc(I)cn1)C(N)=NO. The van der Waals surface area contributed by atoms with Crippen molar-refractivity contribution in [3.8, 4) is 0 Å². The highest BCUT2D eigenvalue weighted by Crippen LogP contribution is 2.04. The highest BCUT2D eigenvalue weighted by Gasteiger charge is 2.08. The number of rotatable bonds is 3. The van der Waals surface area contributed by atoms with E-state index in [1.807, 2.05) is 13.1 Å². The molecule has 0 bridgehead atoms. The molecule has 1 aromatic rings. The second-order valence-electron chi connectivity index (χ2n) is 2.81. The molecule has 5 nitrogen and oxygen atoms in total. The smallest absolute Gasteiger partial charge is 0.143 e. The quantitative estimate of drug-likeness (QED) is 0.285. The normalized spacial score (nSPS) is 14.5. The Bertz CT molecular complexity index is 309. The fraction of sp³-hybridized carbons (Fsp3) is 0.429. The van der Waals surface area contributed by atoms with E-state index < -0.39 is 0 Å². The second kappa shape index (κ2) is 4.45. The van der Waals surface area contributed by atoms with Crippen molar-refractivity contribution in [2.75, 3.05) is 0 Å². The third-order valence-corrected chi connectivity index (χ3v) is 2.24. The van der Waals surface area contributed by atoms with Crippen molar-refractivity contribution in [2.45, 2.75) is 13.5 Å². The lowest BCUT2D eigenvalue weighted by Crippen LogP contribution is -2.25. The van der Waals surface area contributed by atoms with Crippen molar-refractivity contribution in [1.82, 2.24) is 9.78 Å². The van der Waals surface area contributed by atoms with Crippen LogP contribution in [0.5, 0.6) is 0 Å². The van der Waals surface area contributed by atoms with E-state index in [4.69, 9.17) is 10.9 Å². The van der Waals surface area contributed by atoms with Crippen molar-refractivity contribution in [2.24, 2.45) is 16.8 Å². The fourth-order valence-corrected chi connectivity index (χ4v) is 1.36. The Morgan fingerprint density at radius 3 is 3.08 bits per heavy atom. The maximum absolute atomic E-state index is 8.42. The van der Waals surface area contributed by atoms with Crippen LogP contribution in [-0.2, 0) is 6.54 Å². The maximum atomic E-state index is 8.42. The van der Waals surface area contributed by atoms with Crippen molar-refractivity contribution in [1.29, 1.82) is 0 Å². The molecule has 13 heavy (non-hydrogen) atoms. The molecular formula is C7H11IN4O. The van der Waals surface area contributed by atoms with Gasteiger partial charge in [0, 0.05) is 12.1 Å². The predicted molar refractivity (Wildman–Crippen MR) is 57.5 cm³/mol. The molecule has 1 heterocycles. The number of aromatic nitrogens is 2. The molecule has 0 fully saturated rings. The molecule has 72 valence electrons. The van der Waals surface area contributed by atoms with Crippen LogP contribution in [0.25, 0.3) is 0 Å². The lowest BCUT2D eigenvalue weighted by molar-refractivity contribution is 0.313. The first-order valence-electron chi connectivity index (χ1n) is 3.79. The summed E-state index contributed by atoms with van der Waals surface area (Å²) in [6.45, 7) is 2.50. The largest absolute Gasteiger partial charge is 0.409 e. The van der Waals surface area contributed by atoms with Crippen LogP contribution in [0, 0.1) is 9.49 Å². The van der Waals surface area contributed by atoms with Gasteiger partial charge in [0.1, 0.15) is 5.84 Å². The Hall–Kier alpha value is -0.790. The van der Waals surface area contributed by atoms with Crippen LogP contribution in [-0.4, -0.2) is 20.8 Å². The number of hydrogen-bond donors (Lipinski definition) is 2. The van der Waals surface area contributed by atoms with Crippen LogP contribution in [0.15, 0.2) is 17.5 Å². The Morgan fingerprint density at radius 1 is 1.92 bits per heavy atom. The number of nitrogens with two attached hydrogens (primary N) is 1. The standard InChI is InChI=1S/C7H11IN4O/c1-5(7(9)11-13)3-12-4-6(8)2-10-12/h2,4-5,13H,3H2,1H3,(H2,9,11). The lowest BCUT2D eigenvalue weighted by atomic mass is 10.1. The zero-order valence-electron chi connectivity index (χ0n) is 7.18. The third kappa shape index (κ3) is 2.87. The lowest BCUT2D eigenvalue weighted by Gasteiger charge is -2.08. The number of nitrogens with zero attached hydrogens (tertiary/aromatic N) is 3. The zero-order chi connectivity index (χ0) is 9.84. The van der Waals surface area contributed by atoms with Gasteiger partial charge in [-0.15, -0.1) is 0 Å². The van der Waals surface area contributed by atoms with E-state index >= 15 is 0 Å². The molecule has 0 aliphatic heterocycles. The minimum atomic E-state index is -0.0132. The Kier molecular flexibility index (Phi) is 3.52. The summed E-state index contributed by atoms with van der Waals surface area (Å²) in [5.74, 6) is 0.214. The molecule has 3 N–H and O–H groups in total. The van der Waals surface area contributed by atoms with Crippen LogP contribution in [0.1, 0.15) is 6.92 Å². The fourth-order valence-electron chi connectivity index (χ4n) is 0.911. The van der Waals surface area contributed by atoms with Gasteiger partial charge >= 0.3 is 0 Å². The average Bonchev–Trinajstić information content (AvgIpc) is 2.49. The predicted octanol–water partition coefficient (Wildman–Crippen LogP) is 0.870. The molecule has 6 heteroatoms. The van der Waals surface area contributed by atoms with Crippen molar-refractivity contribution in [3.63, 3.8) is 0 Å². The van der Waals surface area contributed by atoms with Gasteiger partial charge in [-0.2, -0.15) is 5.10 Å². The monoisotopic (exact) mass is 294 g/mol. The van der Waals surface area contributed by atoms with Crippen LogP contribution in [0.3, 0.4) is 0 Å². The number of oxime groups is 1. The second-order valence-corrected chi connectivity index (χ2v) is 4.05. The Morgan fingerprint density at radius 2 is 2.62 bits per heavy atom. The van der Waals surface area contributed by atoms with E-state index in [1.54, 1.807) is 10.9 Å². The molecular weight excluding hydrogens is 283 g/mol. The molecule has 1 rings (SSSR count). The van der Waals surface area contributed by atoms with E-state index in [-0.39, 0.29) is 11.8 Å². The van der Waals surface area contributed by atoms with Gasteiger partial charge < -0.3 is 10.9 Å². The van der Waals surface area contributed by atoms with Gasteiger partial charge in [-0.25, -0.2) is 0 Å². The third-order valence-electron chi connectivity index (χ3n) is 1.68. The van der Waals surface area contributed by atoms with E-state index in [9.17, 15) is 0 Å². The molecule has 0 amide bonds. The van der Waals surface area contributed by atoms with E-state index in [2.05, 4.69) is 32.8 Å². The zero-order valence-corrected chi connectivity index (χ0v) is 9.34. The summed E-state index contributed by atoms with van der Waals surface area (Å²) in [7, 11) is 0. The Balaban J connectivity index is 2.59. The molecule has 0 spiro atoms. The first-order valence-corrected chi connectivity index (χ1v) is 4.86. The minimum absolute atomic E-state index is 0.0132. The molecule has 0 aliphatic carbocycles. The first-order chi connectivity index (χ1) is 6.13. The Labute approximate surface area is 89.7 Å². The van der Waals surface area contributed by atoms with E-state index in [0.29, 0.717) is 6.54 Å². The maximum Gasteiger partial charge on any atom is 0.143 e. The molecule has 0 radical (unpaired) electrons. The summed E-state index contributed by atoms with van der Waals surface area (Å²) in [5.41, 5.74) is 5.43. The molecule has 0 aromatic carbocycles.